The minimum atomic E-state index is -3.55. The number of ether oxygens (including phenoxy) is 1. The zero-order valence-electron chi connectivity index (χ0n) is 20.2. The van der Waals surface area contributed by atoms with E-state index in [2.05, 4.69) is 38.7 Å². The van der Waals surface area contributed by atoms with Crippen LogP contribution in [0.3, 0.4) is 0 Å². The molecule has 34 heavy (non-hydrogen) atoms. The van der Waals surface area contributed by atoms with Gasteiger partial charge in [-0.2, -0.15) is 9.57 Å². The van der Waals surface area contributed by atoms with Gasteiger partial charge in [-0.25, -0.2) is 13.4 Å². The monoisotopic (exact) mass is 500 g/mol. The third kappa shape index (κ3) is 4.15. The fourth-order valence-electron chi connectivity index (χ4n) is 5.17. The average molecular weight is 501 g/mol. The van der Waals surface area contributed by atoms with E-state index >= 15 is 0 Å². The molecule has 0 radical (unpaired) electrons. The van der Waals surface area contributed by atoms with Crippen LogP contribution < -0.4 is 4.90 Å². The topological polar surface area (TPSA) is 86.5 Å². The van der Waals surface area contributed by atoms with Crippen molar-refractivity contribution < 1.29 is 13.2 Å². The van der Waals surface area contributed by atoms with Crippen molar-refractivity contribution in [2.45, 2.75) is 75.3 Å². The maximum atomic E-state index is 13.4. The molecule has 0 amide bonds. The number of rotatable bonds is 5. The molecule has 7 nitrogen and oxygen atoms in total. The van der Waals surface area contributed by atoms with Crippen molar-refractivity contribution in [2.24, 2.45) is 5.92 Å². The molecule has 0 bridgehead atoms. The van der Waals surface area contributed by atoms with Gasteiger partial charge in [0, 0.05) is 43.6 Å². The number of nitriles is 1. The van der Waals surface area contributed by atoms with Crippen molar-refractivity contribution in [3.05, 3.63) is 39.9 Å². The van der Waals surface area contributed by atoms with E-state index in [4.69, 9.17) is 9.72 Å². The summed E-state index contributed by atoms with van der Waals surface area (Å²) in [7, 11) is -3.55. The van der Waals surface area contributed by atoms with Crippen LogP contribution in [0, 0.1) is 17.2 Å². The lowest BCUT2D eigenvalue weighted by molar-refractivity contribution is -0.0407. The van der Waals surface area contributed by atoms with Crippen molar-refractivity contribution in [1.82, 2.24) is 9.29 Å². The van der Waals surface area contributed by atoms with E-state index in [1.165, 1.54) is 11.3 Å². The summed E-state index contributed by atoms with van der Waals surface area (Å²) in [5.41, 5.74) is 3.55. The van der Waals surface area contributed by atoms with Gasteiger partial charge in [0.2, 0.25) is 0 Å². The van der Waals surface area contributed by atoms with E-state index in [1.54, 1.807) is 21.8 Å². The van der Waals surface area contributed by atoms with Gasteiger partial charge in [-0.05, 0) is 49.6 Å². The number of piperazine rings is 1. The van der Waals surface area contributed by atoms with Crippen molar-refractivity contribution in [1.29, 1.82) is 5.26 Å². The minimum absolute atomic E-state index is 0.121. The van der Waals surface area contributed by atoms with Gasteiger partial charge in [0.05, 0.1) is 23.5 Å². The lowest BCUT2D eigenvalue weighted by Gasteiger charge is -2.43. The fraction of sp³-hybridized carbons (Fsp3) is 0.600. The first-order valence-corrected chi connectivity index (χ1v) is 14.3. The Morgan fingerprint density at radius 3 is 2.65 bits per heavy atom. The Bertz CT molecular complexity index is 1230. The predicted octanol–water partition coefficient (Wildman–Crippen LogP) is 4.28. The molecular formula is C25H32N4O3S2. The molecule has 2 aliphatic heterocycles. The van der Waals surface area contributed by atoms with Gasteiger partial charge in [-0.1, -0.05) is 19.9 Å². The first-order valence-electron chi connectivity index (χ1n) is 12.0. The summed E-state index contributed by atoms with van der Waals surface area (Å²) in [5, 5.41) is 12.0. The number of hydrogen-bond acceptors (Lipinski definition) is 7. The van der Waals surface area contributed by atoms with Gasteiger partial charge in [-0.3, -0.25) is 0 Å². The van der Waals surface area contributed by atoms with E-state index in [9.17, 15) is 13.7 Å². The molecule has 1 saturated carbocycles. The summed E-state index contributed by atoms with van der Waals surface area (Å²) in [6, 6.07) is 5.72. The molecule has 1 saturated heterocycles. The fourth-order valence-corrected chi connectivity index (χ4v) is 8.03. The number of thiophene rings is 1. The Morgan fingerprint density at radius 1 is 1.26 bits per heavy atom. The van der Waals surface area contributed by atoms with Crippen LogP contribution in [0.5, 0.6) is 0 Å². The second-order valence-corrected chi connectivity index (χ2v) is 13.6. The Morgan fingerprint density at radius 2 is 2.03 bits per heavy atom. The standard InChI is InChI=1S/C25H32N4O3S2/c1-16(2)21-14-28(9-10-29(21)34(30,31)22-6-5-11-33-22)24-19(13-26)18-12-25(3,4)32-15-20(18)23(27-24)17-7-8-17/h5-6,11,16-17,21H,7-10,12,14-15H2,1-4H3/t21-/m0/s1. The van der Waals surface area contributed by atoms with Crippen LogP contribution in [0.4, 0.5) is 5.82 Å². The molecular weight excluding hydrogens is 468 g/mol. The summed E-state index contributed by atoms with van der Waals surface area (Å²) in [6.07, 6.45) is 2.92. The number of nitrogens with zero attached hydrogens (tertiary/aromatic N) is 4. The number of hydrogen-bond donors (Lipinski definition) is 0. The molecule has 0 aromatic carbocycles. The molecule has 182 valence electrons. The first-order chi connectivity index (χ1) is 16.1. The molecule has 2 aromatic heterocycles. The van der Waals surface area contributed by atoms with Crippen molar-refractivity contribution in [3.8, 4) is 6.07 Å². The zero-order chi connectivity index (χ0) is 24.3. The Kier molecular flexibility index (Phi) is 6.00. The van der Waals surface area contributed by atoms with Crippen LogP contribution in [0.1, 0.15) is 68.8 Å². The minimum Gasteiger partial charge on any atom is -0.370 e. The summed E-state index contributed by atoms with van der Waals surface area (Å²) in [4.78, 5) is 7.23. The van der Waals surface area contributed by atoms with E-state index in [0.717, 1.165) is 35.5 Å². The van der Waals surface area contributed by atoms with Crippen LogP contribution in [-0.2, 0) is 27.8 Å². The van der Waals surface area contributed by atoms with E-state index in [0.29, 0.717) is 48.4 Å². The quantitative estimate of drug-likeness (QED) is 0.609. The Balaban J connectivity index is 1.54. The van der Waals surface area contributed by atoms with Crippen LogP contribution in [0.2, 0.25) is 0 Å². The maximum absolute atomic E-state index is 13.4. The molecule has 0 unspecified atom stereocenters. The number of sulfonamides is 1. The molecule has 1 aliphatic carbocycles. The van der Waals surface area contributed by atoms with Crippen LogP contribution in [0.15, 0.2) is 21.7 Å². The van der Waals surface area contributed by atoms with Gasteiger partial charge in [0.15, 0.2) is 0 Å². The van der Waals surface area contributed by atoms with E-state index < -0.39 is 10.0 Å². The van der Waals surface area contributed by atoms with Crippen molar-refractivity contribution in [2.75, 3.05) is 24.5 Å². The van der Waals surface area contributed by atoms with E-state index in [1.807, 2.05) is 0 Å². The van der Waals surface area contributed by atoms with Crippen LogP contribution in [0.25, 0.3) is 0 Å². The lowest BCUT2D eigenvalue weighted by atomic mass is 9.87. The van der Waals surface area contributed by atoms with Crippen molar-refractivity contribution in [3.63, 3.8) is 0 Å². The molecule has 2 aromatic rings. The lowest BCUT2D eigenvalue weighted by Crippen LogP contribution is -2.57. The third-order valence-corrected chi connectivity index (χ3v) is 10.5. The van der Waals surface area contributed by atoms with Gasteiger partial charge in [0.25, 0.3) is 10.0 Å². The van der Waals surface area contributed by atoms with Crippen LogP contribution >= 0.6 is 11.3 Å². The van der Waals surface area contributed by atoms with Crippen LogP contribution in [-0.4, -0.2) is 49.0 Å². The summed E-state index contributed by atoms with van der Waals surface area (Å²) in [6.45, 7) is 10.2. The predicted molar refractivity (Wildman–Crippen MR) is 133 cm³/mol. The Hall–Kier alpha value is -1.99. The highest BCUT2D eigenvalue weighted by atomic mass is 32.2. The molecule has 2 fully saturated rings. The highest BCUT2D eigenvalue weighted by Crippen LogP contribution is 2.46. The normalized spacial score (nSPS) is 23.1. The average Bonchev–Trinajstić information content (AvgIpc) is 3.48. The summed E-state index contributed by atoms with van der Waals surface area (Å²) in [5.74, 6) is 1.28. The van der Waals surface area contributed by atoms with Gasteiger partial charge < -0.3 is 9.64 Å². The maximum Gasteiger partial charge on any atom is 0.252 e. The molecule has 9 heteroatoms. The van der Waals surface area contributed by atoms with Crippen molar-refractivity contribution >= 4 is 27.2 Å². The van der Waals surface area contributed by atoms with Gasteiger partial charge in [-0.15, -0.1) is 11.3 Å². The molecule has 0 spiro atoms. The smallest absolute Gasteiger partial charge is 0.252 e. The third-order valence-electron chi connectivity index (χ3n) is 7.21. The van der Waals surface area contributed by atoms with E-state index in [-0.39, 0.29) is 17.6 Å². The number of pyridine rings is 1. The number of fused-ring (bicyclic) bond motifs is 1. The van der Waals surface area contributed by atoms with Gasteiger partial charge in [0.1, 0.15) is 16.1 Å². The van der Waals surface area contributed by atoms with Gasteiger partial charge >= 0.3 is 0 Å². The second kappa shape index (κ2) is 8.59. The molecule has 4 heterocycles. The summed E-state index contributed by atoms with van der Waals surface area (Å²) >= 11 is 1.26. The molecule has 3 aliphatic rings. The number of aromatic nitrogens is 1. The highest BCUT2D eigenvalue weighted by Gasteiger charge is 2.41. The molecule has 0 N–H and O–H groups in total. The second-order valence-electron chi connectivity index (χ2n) is 10.6. The molecule has 1 atom stereocenters. The number of anilines is 1. The first kappa shape index (κ1) is 23.7. The molecule has 5 rings (SSSR count). The Labute approximate surface area is 206 Å². The SMILES string of the molecule is CC(C)[C@@H]1CN(c2nc(C3CC3)c3c(c2C#N)CC(C)(C)OC3)CCN1S(=O)(=O)c1cccs1. The zero-order valence-corrected chi connectivity index (χ0v) is 21.9. The summed E-state index contributed by atoms with van der Waals surface area (Å²) < 4.78 is 34.9. The largest absolute Gasteiger partial charge is 0.370 e. The highest BCUT2D eigenvalue weighted by molar-refractivity contribution is 7.91.